The van der Waals surface area contributed by atoms with Crippen LogP contribution in [0.4, 0.5) is 8.78 Å². The third-order valence-electron chi connectivity index (χ3n) is 3.63. The van der Waals surface area contributed by atoms with Crippen molar-refractivity contribution in [2.24, 2.45) is 5.41 Å². The molecule has 0 saturated heterocycles. The van der Waals surface area contributed by atoms with E-state index >= 15 is 0 Å². The molecule has 0 bridgehead atoms. The zero-order valence-electron chi connectivity index (χ0n) is 13.0. The maximum atomic E-state index is 13.2. The molecular weight excluding hydrogens is 282 g/mol. The van der Waals surface area contributed by atoms with Crippen molar-refractivity contribution in [2.75, 3.05) is 6.61 Å². The van der Waals surface area contributed by atoms with Gasteiger partial charge in [0, 0.05) is 0 Å². The van der Waals surface area contributed by atoms with Crippen LogP contribution < -0.4 is 0 Å². The maximum Gasteiger partial charge on any atom is 0.123 e. The molecule has 1 nitrogen and oxygen atoms in total. The number of hydrogen-bond acceptors (Lipinski definition) is 1. The summed E-state index contributed by atoms with van der Waals surface area (Å²) in [6.07, 6.45) is 0. The van der Waals surface area contributed by atoms with E-state index < -0.39 is 0 Å². The average molecular weight is 302 g/mol. The van der Waals surface area contributed by atoms with E-state index in [0.29, 0.717) is 0 Å². The molecule has 0 unspecified atom stereocenters. The second-order valence-corrected chi connectivity index (χ2v) is 6.28. The fourth-order valence-corrected chi connectivity index (χ4v) is 2.44. The van der Waals surface area contributed by atoms with Crippen molar-refractivity contribution in [1.82, 2.24) is 0 Å². The van der Waals surface area contributed by atoms with Crippen LogP contribution in [0.25, 0.3) is 5.57 Å². The van der Waals surface area contributed by atoms with Crippen molar-refractivity contribution in [3.05, 3.63) is 76.9 Å². The first-order chi connectivity index (χ1) is 10.3. The van der Waals surface area contributed by atoms with Crippen molar-refractivity contribution in [2.45, 2.75) is 20.8 Å². The highest BCUT2D eigenvalue weighted by molar-refractivity contribution is 5.82. The first-order valence-electron chi connectivity index (χ1n) is 7.19. The molecule has 0 aliphatic rings. The Morgan fingerprint density at radius 3 is 1.45 bits per heavy atom. The van der Waals surface area contributed by atoms with E-state index in [1.54, 1.807) is 24.3 Å². The van der Waals surface area contributed by atoms with Crippen LogP contribution in [0, 0.1) is 17.0 Å². The predicted molar refractivity (Wildman–Crippen MR) is 85.4 cm³/mol. The minimum Gasteiger partial charge on any atom is -0.392 e. The largest absolute Gasteiger partial charge is 0.392 e. The molecule has 0 radical (unpaired) electrons. The van der Waals surface area contributed by atoms with E-state index in [1.165, 1.54) is 24.3 Å². The summed E-state index contributed by atoms with van der Waals surface area (Å²) in [5.74, 6) is -0.632. The lowest BCUT2D eigenvalue weighted by Gasteiger charge is -2.26. The molecule has 2 rings (SSSR count). The Hall–Kier alpha value is -2.00. The zero-order chi connectivity index (χ0) is 16.3. The Kier molecular flexibility index (Phi) is 4.77. The van der Waals surface area contributed by atoms with Gasteiger partial charge in [-0.25, -0.2) is 8.78 Å². The Balaban J connectivity index is 2.71. The molecule has 2 aromatic carbocycles. The van der Waals surface area contributed by atoms with Gasteiger partial charge in [0.05, 0.1) is 6.61 Å². The normalized spacial score (nSPS) is 11.4. The number of aliphatic hydroxyl groups excluding tert-OH is 1. The van der Waals surface area contributed by atoms with Crippen molar-refractivity contribution in [1.29, 1.82) is 0 Å². The van der Waals surface area contributed by atoms with Gasteiger partial charge in [-0.15, -0.1) is 0 Å². The van der Waals surface area contributed by atoms with E-state index in [-0.39, 0.29) is 23.7 Å². The molecule has 0 spiro atoms. The van der Waals surface area contributed by atoms with Gasteiger partial charge in [0.2, 0.25) is 0 Å². The maximum absolute atomic E-state index is 13.2. The SMILES string of the molecule is CC(C)(C)C(CO)=C(c1ccc(F)cc1)c1ccc(F)cc1. The van der Waals surface area contributed by atoms with Crippen LogP contribution in [-0.2, 0) is 0 Å². The lowest BCUT2D eigenvalue weighted by molar-refractivity contribution is 0.297. The van der Waals surface area contributed by atoms with Gasteiger partial charge in [-0.05, 0) is 52.0 Å². The molecule has 0 heterocycles. The van der Waals surface area contributed by atoms with Crippen LogP contribution >= 0.6 is 0 Å². The number of halogens is 2. The van der Waals surface area contributed by atoms with Crippen LogP contribution in [0.1, 0.15) is 31.9 Å². The van der Waals surface area contributed by atoms with Crippen LogP contribution in [0.3, 0.4) is 0 Å². The summed E-state index contributed by atoms with van der Waals surface area (Å²) in [6.45, 7) is 5.90. The minimum atomic E-state index is -0.316. The van der Waals surface area contributed by atoms with Gasteiger partial charge in [-0.2, -0.15) is 0 Å². The Morgan fingerprint density at radius 2 is 1.18 bits per heavy atom. The number of benzene rings is 2. The van der Waals surface area contributed by atoms with E-state index in [4.69, 9.17) is 0 Å². The fraction of sp³-hybridized carbons (Fsp3) is 0.263. The lowest BCUT2D eigenvalue weighted by atomic mass is 9.79. The number of rotatable bonds is 3. The standard InChI is InChI=1S/C19H20F2O/c1-19(2,3)17(12-22)18(13-4-8-15(20)9-5-13)14-6-10-16(21)11-7-14/h4-11,22H,12H2,1-3H3. The third-order valence-corrected chi connectivity index (χ3v) is 3.63. The van der Waals surface area contributed by atoms with Crippen molar-refractivity contribution in [3.8, 4) is 0 Å². The molecule has 2 aromatic rings. The van der Waals surface area contributed by atoms with Crippen LogP contribution in [0.5, 0.6) is 0 Å². The Labute approximate surface area is 129 Å². The van der Waals surface area contributed by atoms with Gasteiger partial charge in [0.1, 0.15) is 11.6 Å². The smallest absolute Gasteiger partial charge is 0.123 e. The summed E-state index contributed by atoms with van der Waals surface area (Å²) in [4.78, 5) is 0. The van der Waals surface area contributed by atoms with Gasteiger partial charge in [0.25, 0.3) is 0 Å². The number of hydrogen-bond donors (Lipinski definition) is 1. The van der Waals surface area contributed by atoms with E-state index in [0.717, 1.165) is 22.3 Å². The lowest BCUT2D eigenvalue weighted by Crippen LogP contribution is -2.15. The molecule has 0 aromatic heterocycles. The van der Waals surface area contributed by atoms with Gasteiger partial charge in [-0.1, -0.05) is 45.0 Å². The van der Waals surface area contributed by atoms with Gasteiger partial charge in [0.15, 0.2) is 0 Å². The molecule has 1 N–H and O–H groups in total. The zero-order valence-corrected chi connectivity index (χ0v) is 13.0. The van der Waals surface area contributed by atoms with Crippen molar-refractivity contribution < 1.29 is 13.9 Å². The van der Waals surface area contributed by atoms with Gasteiger partial charge >= 0.3 is 0 Å². The predicted octanol–water partition coefficient (Wildman–Crippen LogP) is 4.81. The molecule has 116 valence electrons. The molecule has 0 aliphatic carbocycles. The molecule has 0 saturated carbocycles. The monoisotopic (exact) mass is 302 g/mol. The van der Waals surface area contributed by atoms with Crippen molar-refractivity contribution in [3.63, 3.8) is 0 Å². The Bertz CT molecular complexity index is 615. The third kappa shape index (κ3) is 3.60. The highest BCUT2D eigenvalue weighted by Gasteiger charge is 2.22. The van der Waals surface area contributed by atoms with E-state index in [2.05, 4.69) is 0 Å². The summed E-state index contributed by atoms with van der Waals surface area (Å²) in [5, 5.41) is 9.86. The molecular formula is C19H20F2O. The van der Waals surface area contributed by atoms with Gasteiger partial charge in [-0.3, -0.25) is 0 Å². The van der Waals surface area contributed by atoms with Gasteiger partial charge < -0.3 is 5.11 Å². The van der Waals surface area contributed by atoms with Crippen LogP contribution in [-0.4, -0.2) is 11.7 Å². The molecule has 22 heavy (non-hydrogen) atoms. The molecule has 0 atom stereocenters. The van der Waals surface area contributed by atoms with E-state index in [9.17, 15) is 13.9 Å². The molecule has 0 aliphatic heterocycles. The minimum absolute atomic E-state index is 0.117. The highest BCUT2D eigenvalue weighted by Crippen LogP contribution is 2.36. The summed E-state index contributed by atoms with van der Waals surface area (Å²) < 4.78 is 26.4. The summed E-state index contributed by atoms with van der Waals surface area (Å²) in [6, 6.07) is 12.2. The van der Waals surface area contributed by atoms with Crippen LogP contribution in [0.2, 0.25) is 0 Å². The second kappa shape index (κ2) is 6.41. The van der Waals surface area contributed by atoms with Crippen LogP contribution in [0.15, 0.2) is 54.1 Å². The Morgan fingerprint density at radius 1 is 0.818 bits per heavy atom. The molecule has 0 amide bonds. The first kappa shape index (κ1) is 16.4. The van der Waals surface area contributed by atoms with E-state index in [1.807, 2.05) is 20.8 Å². The summed E-state index contributed by atoms with van der Waals surface area (Å²) in [7, 11) is 0. The highest BCUT2D eigenvalue weighted by atomic mass is 19.1. The number of aliphatic hydroxyl groups is 1. The topological polar surface area (TPSA) is 20.2 Å². The quantitative estimate of drug-likeness (QED) is 0.863. The second-order valence-electron chi connectivity index (χ2n) is 6.28. The average Bonchev–Trinajstić information content (AvgIpc) is 2.46. The van der Waals surface area contributed by atoms with Crippen molar-refractivity contribution >= 4 is 5.57 Å². The fourth-order valence-electron chi connectivity index (χ4n) is 2.44. The molecule has 3 heteroatoms. The summed E-state index contributed by atoms with van der Waals surface area (Å²) >= 11 is 0. The summed E-state index contributed by atoms with van der Waals surface area (Å²) in [5.41, 5.74) is 2.96. The molecule has 0 fully saturated rings. The first-order valence-corrected chi connectivity index (χ1v) is 7.19.